The third kappa shape index (κ3) is 2.84. The van der Waals surface area contributed by atoms with Crippen LogP contribution in [0.2, 0.25) is 0 Å². The summed E-state index contributed by atoms with van der Waals surface area (Å²) in [6.07, 6.45) is 0. The maximum atomic E-state index is 10.9. The summed E-state index contributed by atoms with van der Waals surface area (Å²) in [7, 11) is 1.54. The number of methoxy groups -OCH3 is 1. The fraction of sp³-hybridized carbons (Fsp3) is 0.300. The van der Waals surface area contributed by atoms with Gasteiger partial charge >= 0.3 is 5.97 Å². The maximum Gasteiger partial charge on any atom is 0.308 e. The fourth-order valence-electron chi connectivity index (χ4n) is 1.06. The van der Waals surface area contributed by atoms with E-state index in [-0.39, 0.29) is 5.97 Å². The van der Waals surface area contributed by atoms with Crippen LogP contribution < -0.4 is 9.47 Å². The van der Waals surface area contributed by atoms with Gasteiger partial charge in [0.25, 0.3) is 0 Å². The van der Waals surface area contributed by atoms with Crippen molar-refractivity contribution in [3.63, 3.8) is 0 Å². The van der Waals surface area contributed by atoms with E-state index >= 15 is 0 Å². The zero-order valence-electron chi connectivity index (χ0n) is 8.56. The van der Waals surface area contributed by atoms with E-state index in [1.165, 1.54) is 6.92 Å². The quantitative estimate of drug-likeness (QED) is 0.446. The van der Waals surface area contributed by atoms with Crippen LogP contribution >= 0.6 is 38.5 Å². The molecule has 82 valence electrons. The Morgan fingerprint density at radius 2 is 2.13 bits per heavy atom. The van der Waals surface area contributed by atoms with Crippen molar-refractivity contribution in [2.75, 3.05) is 7.11 Å². The van der Waals surface area contributed by atoms with E-state index in [1.807, 2.05) is 13.0 Å². The summed E-state index contributed by atoms with van der Waals surface area (Å²) in [5, 5.41) is 0. The lowest BCUT2D eigenvalue weighted by Gasteiger charge is -2.13. The van der Waals surface area contributed by atoms with Crippen molar-refractivity contribution in [1.82, 2.24) is 0 Å². The van der Waals surface area contributed by atoms with E-state index < -0.39 is 0 Å². The van der Waals surface area contributed by atoms with E-state index in [9.17, 15) is 4.79 Å². The Hall–Kier alpha value is -0.300. The summed E-state index contributed by atoms with van der Waals surface area (Å²) in [6, 6.07) is 1.83. The number of ether oxygens (including phenoxy) is 2. The topological polar surface area (TPSA) is 35.5 Å². The van der Waals surface area contributed by atoms with E-state index in [0.717, 1.165) is 13.6 Å². The van der Waals surface area contributed by atoms with Gasteiger partial charge < -0.3 is 9.47 Å². The Balaban J connectivity index is 3.33. The van der Waals surface area contributed by atoms with Gasteiger partial charge in [-0.15, -0.1) is 0 Å². The zero-order chi connectivity index (χ0) is 11.6. The molecule has 0 saturated carbocycles. The van der Waals surface area contributed by atoms with Crippen molar-refractivity contribution in [1.29, 1.82) is 0 Å². The Morgan fingerprint density at radius 1 is 1.53 bits per heavy atom. The largest absolute Gasteiger partial charge is 0.493 e. The highest BCUT2D eigenvalue weighted by Gasteiger charge is 2.16. The minimum absolute atomic E-state index is 0.366. The Morgan fingerprint density at radius 3 is 2.60 bits per heavy atom. The van der Waals surface area contributed by atoms with Crippen molar-refractivity contribution < 1.29 is 14.3 Å². The molecule has 0 unspecified atom stereocenters. The number of hydrogen-bond acceptors (Lipinski definition) is 3. The molecule has 0 amide bonds. The molecule has 0 aliphatic rings. The molecule has 3 nitrogen and oxygen atoms in total. The first kappa shape index (κ1) is 12.8. The summed E-state index contributed by atoms with van der Waals surface area (Å²) in [5.74, 6) is 0.615. The first-order chi connectivity index (χ1) is 6.97. The lowest BCUT2D eigenvalue weighted by molar-refractivity contribution is -0.132. The first-order valence-corrected chi connectivity index (χ1v) is 6.05. The third-order valence-corrected chi connectivity index (χ3v) is 3.91. The molecule has 0 radical (unpaired) electrons. The SMILES string of the molecule is COc1cc(I)c(C)c(Br)c1OC(C)=O. The van der Waals surface area contributed by atoms with E-state index in [2.05, 4.69) is 38.5 Å². The van der Waals surface area contributed by atoms with Crippen LogP contribution in [0.3, 0.4) is 0 Å². The predicted octanol–water partition coefficient (Wildman–Crippen LogP) is 3.30. The van der Waals surface area contributed by atoms with Crippen molar-refractivity contribution >= 4 is 44.5 Å². The van der Waals surface area contributed by atoms with Gasteiger partial charge in [0, 0.05) is 10.5 Å². The van der Waals surface area contributed by atoms with Gasteiger partial charge in [0.05, 0.1) is 11.6 Å². The predicted molar refractivity (Wildman–Crippen MR) is 69.5 cm³/mol. The second-order valence-electron chi connectivity index (χ2n) is 2.92. The van der Waals surface area contributed by atoms with Gasteiger partial charge in [0.2, 0.25) is 0 Å². The molecular weight excluding hydrogens is 375 g/mol. The number of esters is 1. The molecule has 1 rings (SSSR count). The summed E-state index contributed by atoms with van der Waals surface area (Å²) >= 11 is 5.59. The lowest BCUT2D eigenvalue weighted by Crippen LogP contribution is -2.05. The van der Waals surface area contributed by atoms with Crippen LogP contribution in [0.15, 0.2) is 10.5 Å². The molecular formula is C10H10BrIO3. The van der Waals surface area contributed by atoms with Gasteiger partial charge in [-0.05, 0) is 57.1 Å². The van der Waals surface area contributed by atoms with Gasteiger partial charge in [-0.2, -0.15) is 0 Å². The number of halogens is 2. The molecule has 0 fully saturated rings. The standard InChI is InChI=1S/C10H10BrIO3/c1-5-7(12)4-8(14-3)10(9(5)11)15-6(2)13/h4H,1-3H3. The monoisotopic (exact) mass is 384 g/mol. The Bertz CT molecular complexity index is 404. The molecule has 0 aliphatic carbocycles. The van der Waals surface area contributed by atoms with Crippen LogP contribution in [-0.4, -0.2) is 13.1 Å². The number of rotatable bonds is 2. The smallest absolute Gasteiger partial charge is 0.308 e. The van der Waals surface area contributed by atoms with Crippen LogP contribution in [0, 0.1) is 10.5 Å². The van der Waals surface area contributed by atoms with Crippen LogP contribution in [0.25, 0.3) is 0 Å². The number of carbonyl (C=O) groups is 1. The molecule has 1 aromatic carbocycles. The van der Waals surface area contributed by atoms with Gasteiger partial charge in [-0.25, -0.2) is 0 Å². The number of hydrogen-bond donors (Lipinski definition) is 0. The van der Waals surface area contributed by atoms with Crippen molar-refractivity contribution in [2.24, 2.45) is 0 Å². The Labute approximate surface area is 110 Å². The van der Waals surface area contributed by atoms with E-state index in [4.69, 9.17) is 9.47 Å². The molecule has 0 spiro atoms. The van der Waals surface area contributed by atoms with Crippen molar-refractivity contribution in [3.8, 4) is 11.5 Å². The van der Waals surface area contributed by atoms with Gasteiger partial charge in [-0.1, -0.05) is 0 Å². The molecule has 0 bridgehead atoms. The highest BCUT2D eigenvalue weighted by Crippen LogP contribution is 2.40. The average Bonchev–Trinajstić information content (AvgIpc) is 2.18. The molecule has 0 saturated heterocycles. The molecule has 5 heteroatoms. The van der Waals surface area contributed by atoms with Crippen LogP contribution in [0.1, 0.15) is 12.5 Å². The summed E-state index contributed by atoms with van der Waals surface area (Å²) in [5.41, 5.74) is 1.02. The second-order valence-corrected chi connectivity index (χ2v) is 4.88. The minimum Gasteiger partial charge on any atom is -0.493 e. The zero-order valence-corrected chi connectivity index (χ0v) is 12.3. The fourth-order valence-corrected chi connectivity index (χ4v) is 2.48. The Kier molecular flexibility index (Phi) is 4.39. The summed E-state index contributed by atoms with van der Waals surface area (Å²) in [4.78, 5) is 10.9. The first-order valence-electron chi connectivity index (χ1n) is 4.18. The van der Waals surface area contributed by atoms with Gasteiger partial charge in [0.15, 0.2) is 11.5 Å². The van der Waals surface area contributed by atoms with Crippen LogP contribution in [0.4, 0.5) is 0 Å². The van der Waals surface area contributed by atoms with Gasteiger partial charge in [0.1, 0.15) is 0 Å². The molecule has 15 heavy (non-hydrogen) atoms. The molecule has 0 aromatic heterocycles. The van der Waals surface area contributed by atoms with Crippen LogP contribution in [-0.2, 0) is 4.79 Å². The van der Waals surface area contributed by atoms with Gasteiger partial charge in [-0.3, -0.25) is 4.79 Å². The highest BCUT2D eigenvalue weighted by molar-refractivity contribution is 14.1. The van der Waals surface area contributed by atoms with Crippen LogP contribution in [0.5, 0.6) is 11.5 Å². The third-order valence-electron chi connectivity index (χ3n) is 1.83. The maximum absolute atomic E-state index is 10.9. The summed E-state index contributed by atoms with van der Waals surface area (Å²) < 4.78 is 12.0. The lowest BCUT2D eigenvalue weighted by atomic mass is 10.2. The molecule has 0 aliphatic heterocycles. The summed E-state index contributed by atoms with van der Waals surface area (Å²) in [6.45, 7) is 3.30. The molecule has 1 aromatic rings. The number of benzene rings is 1. The molecule has 0 N–H and O–H groups in total. The van der Waals surface area contributed by atoms with Crippen molar-refractivity contribution in [2.45, 2.75) is 13.8 Å². The molecule has 0 atom stereocenters. The average molecular weight is 385 g/mol. The number of carbonyl (C=O) groups excluding carboxylic acids is 1. The second kappa shape index (κ2) is 5.16. The van der Waals surface area contributed by atoms with Crippen molar-refractivity contribution in [3.05, 3.63) is 19.7 Å². The minimum atomic E-state index is -0.366. The van der Waals surface area contributed by atoms with E-state index in [0.29, 0.717) is 11.5 Å². The highest BCUT2D eigenvalue weighted by atomic mass is 127. The normalized spacial score (nSPS) is 9.93. The molecule has 0 heterocycles. The van der Waals surface area contributed by atoms with E-state index in [1.54, 1.807) is 7.11 Å².